The van der Waals surface area contributed by atoms with Gasteiger partial charge in [0.1, 0.15) is 11.8 Å². The Labute approximate surface area is 158 Å². The first kappa shape index (κ1) is 20.4. The number of unbranched alkanes of at least 4 members (excludes halogenated alkanes) is 1. The number of hydrazone groups is 1. The van der Waals surface area contributed by atoms with Crippen LogP contribution in [0, 0.1) is 0 Å². The first-order valence-electron chi connectivity index (χ1n) is 9.00. The molecule has 0 saturated heterocycles. The van der Waals surface area contributed by atoms with Gasteiger partial charge >= 0.3 is 11.9 Å². The molecule has 2 rings (SSSR count). The molecule has 0 aromatic heterocycles. The van der Waals surface area contributed by atoms with Gasteiger partial charge in [-0.2, -0.15) is 5.10 Å². The average molecular weight is 375 g/mol. The monoisotopic (exact) mass is 375 g/mol. The highest BCUT2D eigenvalue weighted by atomic mass is 16.5. The summed E-state index contributed by atoms with van der Waals surface area (Å²) in [7, 11) is 1.35. The largest absolute Gasteiger partial charge is 0.469 e. The van der Waals surface area contributed by atoms with Crippen molar-refractivity contribution >= 4 is 29.2 Å². The van der Waals surface area contributed by atoms with Crippen LogP contribution in [0.15, 0.2) is 35.4 Å². The molecule has 0 spiro atoms. The third-order valence-electron chi connectivity index (χ3n) is 4.08. The standard InChI is InChI=1S/C19H25N3O5/c1-3-27-19(25)15-13-16(22(21-15)14-9-5-4-6-10-14)18(24)20-12-8-7-11-17(23)26-2/h4-6,9-10,16H,3,7-8,11-13H2,1-2H3,(H,20,24)/t16-/m1/s1. The molecular weight excluding hydrogens is 350 g/mol. The number of anilines is 1. The van der Waals surface area contributed by atoms with Crippen molar-refractivity contribution in [3.63, 3.8) is 0 Å². The van der Waals surface area contributed by atoms with Gasteiger partial charge in [0.05, 0.1) is 19.4 Å². The van der Waals surface area contributed by atoms with Gasteiger partial charge in [0.15, 0.2) is 0 Å². The van der Waals surface area contributed by atoms with Crippen molar-refractivity contribution in [1.82, 2.24) is 5.32 Å². The zero-order valence-corrected chi connectivity index (χ0v) is 15.6. The van der Waals surface area contributed by atoms with Gasteiger partial charge in [-0.15, -0.1) is 0 Å². The molecular formula is C19H25N3O5. The zero-order valence-electron chi connectivity index (χ0n) is 15.6. The van der Waals surface area contributed by atoms with Gasteiger partial charge in [0, 0.05) is 19.4 Å². The Morgan fingerprint density at radius 1 is 1.22 bits per heavy atom. The van der Waals surface area contributed by atoms with E-state index in [0.717, 1.165) is 5.69 Å². The molecule has 1 amide bonds. The molecule has 146 valence electrons. The van der Waals surface area contributed by atoms with Crippen LogP contribution in [-0.4, -0.2) is 49.9 Å². The second kappa shape index (κ2) is 10.3. The predicted octanol–water partition coefficient (Wildman–Crippen LogP) is 1.64. The molecule has 0 aliphatic carbocycles. The van der Waals surface area contributed by atoms with E-state index in [1.54, 1.807) is 11.9 Å². The first-order valence-corrected chi connectivity index (χ1v) is 9.00. The lowest BCUT2D eigenvalue weighted by Crippen LogP contribution is -2.43. The average Bonchev–Trinajstić information content (AvgIpc) is 3.14. The van der Waals surface area contributed by atoms with Gasteiger partial charge in [0.2, 0.25) is 5.91 Å². The highest BCUT2D eigenvalue weighted by Crippen LogP contribution is 2.25. The molecule has 1 aromatic carbocycles. The molecule has 1 aliphatic rings. The minimum Gasteiger partial charge on any atom is -0.469 e. The maximum atomic E-state index is 12.6. The Bertz CT molecular complexity index is 690. The summed E-state index contributed by atoms with van der Waals surface area (Å²) in [5.74, 6) is -0.994. The predicted molar refractivity (Wildman–Crippen MR) is 100 cm³/mol. The van der Waals surface area contributed by atoms with Gasteiger partial charge in [-0.3, -0.25) is 14.6 Å². The lowest BCUT2D eigenvalue weighted by atomic mass is 10.1. The minimum atomic E-state index is -0.618. The fourth-order valence-corrected chi connectivity index (χ4v) is 2.70. The summed E-state index contributed by atoms with van der Waals surface area (Å²) in [5, 5.41) is 8.71. The summed E-state index contributed by atoms with van der Waals surface area (Å²) in [5.41, 5.74) is 0.953. The number of amides is 1. The second-order valence-electron chi connectivity index (χ2n) is 5.99. The van der Waals surface area contributed by atoms with Crippen LogP contribution in [0.4, 0.5) is 5.69 Å². The van der Waals surface area contributed by atoms with Crippen LogP contribution in [0.5, 0.6) is 0 Å². The number of nitrogens with one attached hydrogen (secondary N) is 1. The van der Waals surface area contributed by atoms with Crippen LogP contribution in [0.2, 0.25) is 0 Å². The van der Waals surface area contributed by atoms with E-state index in [4.69, 9.17) is 4.74 Å². The summed E-state index contributed by atoms with van der Waals surface area (Å²) in [6, 6.07) is 8.59. The van der Waals surface area contributed by atoms with Crippen LogP contribution in [-0.2, 0) is 23.9 Å². The normalized spacial score (nSPS) is 15.9. The summed E-state index contributed by atoms with van der Waals surface area (Å²) >= 11 is 0. The first-order chi connectivity index (χ1) is 13.1. The van der Waals surface area contributed by atoms with Crippen molar-refractivity contribution in [2.75, 3.05) is 25.3 Å². The number of para-hydroxylation sites is 1. The molecule has 1 atom stereocenters. The van der Waals surface area contributed by atoms with E-state index >= 15 is 0 Å². The van der Waals surface area contributed by atoms with Crippen molar-refractivity contribution in [3.8, 4) is 0 Å². The van der Waals surface area contributed by atoms with E-state index in [2.05, 4.69) is 15.2 Å². The summed E-state index contributed by atoms with van der Waals surface area (Å²) < 4.78 is 9.60. The molecule has 1 aromatic rings. The van der Waals surface area contributed by atoms with Gasteiger partial charge in [-0.1, -0.05) is 18.2 Å². The number of rotatable bonds is 9. The number of nitrogens with zero attached hydrogens (tertiary/aromatic N) is 2. The van der Waals surface area contributed by atoms with Crippen LogP contribution < -0.4 is 10.3 Å². The van der Waals surface area contributed by atoms with E-state index in [0.29, 0.717) is 25.8 Å². The third kappa shape index (κ3) is 5.80. The Morgan fingerprint density at radius 3 is 2.63 bits per heavy atom. The quantitative estimate of drug-likeness (QED) is 0.521. The molecule has 1 N–H and O–H groups in total. The number of carbonyl (C=O) groups is 3. The van der Waals surface area contributed by atoms with Crippen molar-refractivity contribution in [1.29, 1.82) is 0 Å². The van der Waals surface area contributed by atoms with Crippen molar-refractivity contribution in [2.45, 2.75) is 38.6 Å². The van der Waals surface area contributed by atoms with E-state index in [9.17, 15) is 14.4 Å². The van der Waals surface area contributed by atoms with Crippen molar-refractivity contribution in [3.05, 3.63) is 30.3 Å². The van der Waals surface area contributed by atoms with Gasteiger partial charge < -0.3 is 14.8 Å². The smallest absolute Gasteiger partial charge is 0.354 e. The maximum absolute atomic E-state index is 12.6. The Hall–Kier alpha value is -2.90. The van der Waals surface area contributed by atoms with E-state index in [1.165, 1.54) is 7.11 Å². The number of hydrogen-bond acceptors (Lipinski definition) is 7. The zero-order chi connectivity index (χ0) is 19.6. The summed E-state index contributed by atoms with van der Waals surface area (Å²) in [6.07, 6.45) is 1.79. The molecule has 8 nitrogen and oxygen atoms in total. The Kier molecular flexibility index (Phi) is 7.79. The lowest BCUT2D eigenvalue weighted by Gasteiger charge is -2.22. The SMILES string of the molecule is CCOC(=O)C1=NN(c2ccccc2)[C@@H](C(=O)NCCCCC(=O)OC)C1. The number of methoxy groups -OCH3 is 1. The summed E-state index contributed by atoms with van der Waals surface area (Å²) in [6.45, 7) is 2.41. The second-order valence-corrected chi connectivity index (χ2v) is 5.99. The molecule has 0 saturated carbocycles. The van der Waals surface area contributed by atoms with Crippen LogP contribution in [0.25, 0.3) is 0 Å². The van der Waals surface area contributed by atoms with Gasteiger partial charge in [0.25, 0.3) is 0 Å². The highest BCUT2D eigenvalue weighted by molar-refractivity contribution is 6.38. The maximum Gasteiger partial charge on any atom is 0.354 e. The molecule has 1 aliphatic heterocycles. The van der Waals surface area contributed by atoms with E-state index in [1.807, 2.05) is 30.3 Å². The van der Waals surface area contributed by atoms with Crippen molar-refractivity contribution in [2.24, 2.45) is 5.10 Å². The van der Waals surface area contributed by atoms with Crippen molar-refractivity contribution < 1.29 is 23.9 Å². The Balaban J connectivity index is 1.97. The molecule has 0 radical (unpaired) electrons. The third-order valence-corrected chi connectivity index (χ3v) is 4.08. The number of carbonyl (C=O) groups excluding carboxylic acids is 3. The lowest BCUT2D eigenvalue weighted by molar-refractivity contribution is -0.140. The van der Waals surface area contributed by atoms with Gasteiger partial charge in [-0.05, 0) is 31.9 Å². The number of hydrogen-bond donors (Lipinski definition) is 1. The molecule has 27 heavy (non-hydrogen) atoms. The Morgan fingerprint density at radius 2 is 1.96 bits per heavy atom. The molecule has 8 heteroatoms. The molecule has 0 fully saturated rings. The molecule has 0 bridgehead atoms. The number of benzene rings is 1. The number of esters is 2. The topological polar surface area (TPSA) is 97.3 Å². The van der Waals surface area contributed by atoms with E-state index in [-0.39, 0.29) is 30.6 Å². The fraction of sp³-hybridized carbons (Fsp3) is 0.474. The fourth-order valence-electron chi connectivity index (χ4n) is 2.70. The molecule has 1 heterocycles. The van der Waals surface area contributed by atoms with Crippen LogP contribution in [0.1, 0.15) is 32.6 Å². The van der Waals surface area contributed by atoms with Gasteiger partial charge in [-0.25, -0.2) is 4.79 Å². The summed E-state index contributed by atoms with van der Waals surface area (Å²) in [4.78, 5) is 35.8. The van der Waals surface area contributed by atoms with Crippen LogP contribution in [0.3, 0.4) is 0 Å². The minimum absolute atomic E-state index is 0.182. The van der Waals surface area contributed by atoms with E-state index < -0.39 is 12.0 Å². The highest BCUT2D eigenvalue weighted by Gasteiger charge is 2.36. The number of ether oxygens (including phenoxy) is 2. The van der Waals surface area contributed by atoms with Crippen LogP contribution >= 0.6 is 0 Å². The molecule has 0 unspecified atom stereocenters.